The van der Waals surface area contributed by atoms with E-state index in [9.17, 15) is 18.4 Å². The molecule has 130 valence electrons. The number of nitrogens with one attached hydrogen (secondary N) is 1. The summed E-state index contributed by atoms with van der Waals surface area (Å²) in [6.45, 7) is -0.249. The lowest BCUT2D eigenvalue weighted by Crippen LogP contribution is -2.24. The van der Waals surface area contributed by atoms with Gasteiger partial charge in [-0.05, 0) is 36.4 Å². The number of alkyl halides is 2. The van der Waals surface area contributed by atoms with Crippen LogP contribution in [0.1, 0.15) is 0 Å². The number of hydrogen-bond donors (Lipinski definition) is 1. The first-order chi connectivity index (χ1) is 11.9. The van der Waals surface area contributed by atoms with Gasteiger partial charge in [0.25, 0.3) is 5.76 Å². The van der Waals surface area contributed by atoms with Crippen LogP contribution in [0.4, 0.5) is 14.5 Å². The average Bonchev–Trinajstić information content (AvgIpc) is 2.83. The van der Waals surface area contributed by atoms with E-state index in [0.717, 1.165) is 0 Å². The molecule has 9 heteroatoms. The molecule has 0 aliphatic carbocycles. The predicted octanol–water partition coefficient (Wildman–Crippen LogP) is 4.20. The van der Waals surface area contributed by atoms with Crippen molar-refractivity contribution >= 4 is 46.1 Å². The number of thioether (sulfide) groups is 1. The molecule has 0 saturated carbocycles. The number of benzene rings is 2. The molecule has 1 amide bonds. The summed E-state index contributed by atoms with van der Waals surface area (Å²) in [5.74, 6) is -3.62. The fraction of sp³-hybridized carbons (Fsp3) is 0.125. The zero-order chi connectivity index (χ0) is 18.0. The maximum Gasteiger partial charge on any atom is 0.420 e. The standard InChI is InChI=1S/C16H11ClF2N2O3S/c17-9-1-6-12-13(7-9)24-16(23)21(12)8-14(22)20-10-2-4-11(5-3-10)25-15(18)19/h1-7,15H,8H2,(H,20,22). The van der Waals surface area contributed by atoms with E-state index >= 15 is 0 Å². The third-order valence-corrected chi connectivity index (χ3v) is 4.25. The molecule has 0 fully saturated rings. The SMILES string of the molecule is O=C(Cn1c(=O)oc2cc(Cl)ccc21)Nc1ccc(SC(F)F)cc1. The number of rotatable bonds is 5. The van der Waals surface area contributed by atoms with E-state index in [-0.39, 0.29) is 6.54 Å². The van der Waals surface area contributed by atoms with Crippen molar-refractivity contribution in [1.29, 1.82) is 0 Å². The number of amides is 1. The van der Waals surface area contributed by atoms with Crippen molar-refractivity contribution in [2.75, 3.05) is 5.32 Å². The smallest absolute Gasteiger partial charge is 0.408 e. The van der Waals surface area contributed by atoms with Crippen molar-refractivity contribution in [3.63, 3.8) is 0 Å². The summed E-state index contributed by atoms with van der Waals surface area (Å²) in [7, 11) is 0. The number of carbonyl (C=O) groups is 1. The van der Waals surface area contributed by atoms with Crippen LogP contribution in [0.15, 0.2) is 56.6 Å². The van der Waals surface area contributed by atoms with Gasteiger partial charge in [0.2, 0.25) is 5.91 Å². The highest BCUT2D eigenvalue weighted by molar-refractivity contribution is 7.99. The van der Waals surface area contributed by atoms with Crippen LogP contribution in [0.25, 0.3) is 11.1 Å². The lowest BCUT2D eigenvalue weighted by atomic mass is 10.3. The molecule has 1 heterocycles. The molecule has 3 rings (SSSR count). The molecule has 0 unspecified atom stereocenters. The molecule has 3 aromatic rings. The molecule has 2 aromatic carbocycles. The Bertz CT molecular complexity index is 970. The first-order valence-electron chi connectivity index (χ1n) is 7.06. The van der Waals surface area contributed by atoms with Crippen molar-refractivity contribution in [2.45, 2.75) is 17.2 Å². The van der Waals surface area contributed by atoms with Crippen LogP contribution < -0.4 is 11.1 Å². The molecule has 0 spiro atoms. The van der Waals surface area contributed by atoms with Crippen molar-refractivity contribution in [3.05, 3.63) is 58.0 Å². The summed E-state index contributed by atoms with van der Waals surface area (Å²) < 4.78 is 30.8. The Hall–Kier alpha value is -2.32. The van der Waals surface area contributed by atoms with Crippen LogP contribution in [-0.2, 0) is 11.3 Å². The fourth-order valence-electron chi connectivity index (χ4n) is 2.25. The van der Waals surface area contributed by atoms with E-state index in [0.29, 0.717) is 38.5 Å². The van der Waals surface area contributed by atoms with Crippen LogP contribution in [0.3, 0.4) is 0 Å². The Morgan fingerprint density at radius 1 is 1.24 bits per heavy atom. The third-order valence-electron chi connectivity index (χ3n) is 3.30. The summed E-state index contributed by atoms with van der Waals surface area (Å²) in [5.41, 5.74) is 1.18. The van der Waals surface area contributed by atoms with Crippen molar-refractivity contribution < 1.29 is 18.0 Å². The first-order valence-corrected chi connectivity index (χ1v) is 8.32. The van der Waals surface area contributed by atoms with Crippen LogP contribution in [-0.4, -0.2) is 16.2 Å². The summed E-state index contributed by atoms with van der Waals surface area (Å²) in [6.07, 6.45) is 0. The second kappa shape index (κ2) is 7.28. The fourth-order valence-corrected chi connectivity index (χ4v) is 2.91. The van der Waals surface area contributed by atoms with E-state index in [1.165, 1.54) is 34.9 Å². The van der Waals surface area contributed by atoms with Gasteiger partial charge in [-0.2, -0.15) is 8.78 Å². The maximum atomic E-state index is 12.3. The highest BCUT2D eigenvalue weighted by Gasteiger charge is 2.13. The van der Waals surface area contributed by atoms with Crippen molar-refractivity contribution in [1.82, 2.24) is 4.57 Å². The van der Waals surface area contributed by atoms with E-state index < -0.39 is 17.4 Å². The lowest BCUT2D eigenvalue weighted by Gasteiger charge is -2.07. The average molecular weight is 385 g/mol. The van der Waals surface area contributed by atoms with Crippen LogP contribution in [0, 0.1) is 0 Å². The molecule has 0 radical (unpaired) electrons. The number of halogens is 3. The number of aromatic nitrogens is 1. The largest absolute Gasteiger partial charge is 0.420 e. The zero-order valence-electron chi connectivity index (χ0n) is 12.5. The van der Waals surface area contributed by atoms with Gasteiger partial charge in [-0.25, -0.2) is 4.79 Å². The monoisotopic (exact) mass is 384 g/mol. The van der Waals surface area contributed by atoms with E-state index in [4.69, 9.17) is 16.0 Å². The van der Waals surface area contributed by atoms with Crippen LogP contribution >= 0.6 is 23.4 Å². The molecule has 25 heavy (non-hydrogen) atoms. The minimum absolute atomic E-state index is 0.249. The normalized spacial score (nSPS) is 11.2. The Balaban J connectivity index is 1.73. The molecule has 0 aliphatic rings. The minimum Gasteiger partial charge on any atom is -0.408 e. The number of anilines is 1. The summed E-state index contributed by atoms with van der Waals surface area (Å²) in [4.78, 5) is 24.4. The maximum absolute atomic E-state index is 12.3. The molecule has 1 aromatic heterocycles. The number of fused-ring (bicyclic) bond motifs is 1. The first kappa shape index (κ1) is 17.5. The molecule has 0 saturated heterocycles. The molecule has 0 aliphatic heterocycles. The molecular formula is C16H11ClF2N2O3S. The highest BCUT2D eigenvalue weighted by Crippen LogP contribution is 2.26. The van der Waals surface area contributed by atoms with Crippen LogP contribution in [0.2, 0.25) is 5.02 Å². The summed E-state index contributed by atoms with van der Waals surface area (Å²) >= 11 is 6.26. The molecule has 0 atom stereocenters. The lowest BCUT2D eigenvalue weighted by molar-refractivity contribution is -0.116. The van der Waals surface area contributed by atoms with Crippen molar-refractivity contribution in [3.8, 4) is 0 Å². The van der Waals surface area contributed by atoms with Crippen LogP contribution in [0.5, 0.6) is 0 Å². The Labute approximate surface area is 149 Å². The molecule has 0 bridgehead atoms. The second-order valence-corrected chi connectivity index (χ2v) is 6.52. The van der Waals surface area contributed by atoms with Gasteiger partial charge in [-0.1, -0.05) is 23.4 Å². The third kappa shape index (κ3) is 4.21. The molecular weight excluding hydrogens is 374 g/mol. The number of carbonyl (C=O) groups excluding carboxylic acids is 1. The Morgan fingerprint density at radius 2 is 1.96 bits per heavy atom. The van der Waals surface area contributed by atoms with Gasteiger partial charge in [0.1, 0.15) is 6.54 Å². The minimum atomic E-state index is -2.50. The molecule has 5 nitrogen and oxygen atoms in total. The number of hydrogen-bond acceptors (Lipinski definition) is 4. The topological polar surface area (TPSA) is 64.2 Å². The van der Waals surface area contributed by atoms with Crippen molar-refractivity contribution in [2.24, 2.45) is 0 Å². The van der Waals surface area contributed by atoms with Gasteiger partial charge in [0, 0.05) is 21.7 Å². The van der Waals surface area contributed by atoms with Gasteiger partial charge in [-0.15, -0.1) is 0 Å². The molecule has 1 N–H and O–H groups in total. The van der Waals surface area contributed by atoms with Gasteiger partial charge < -0.3 is 9.73 Å². The van der Waals surface area contributed by atoms with Gasteiger partial charge in [0.05, 0.1) is 5.52 Å². The Morgan fingerprint density at radius 3 is 2.64 bits per heavy atom. The zero-order valence-corrected chi connectivity index (χ0v) is 14.1. The second-order valence-electron chi connectivity index (χ2n) is 5.02. The number of oxazole rings is 1. The van der Waals surface area contributed by atoms with E-state index in [2.05, 4.69) is 5.32 Å². The number of nitrogens with zero attached hydrogens (tertiary/aromatic N) is 1. The quantitative estimate of drug-likeness (QED) is 0.669. The van der Waals surface area contributed by atoms with Gasteiger partial charge in [-0.3, -0.25) is 9.36 Å². The highest BCUT2D eigenvalue weighted by atomic mass is 35.5. The summed E-state index contributed by atoms with van der Waals surface area (Å²) in [6, 6.07) is 10.7. The van der Waals surface area contributed by atoms with Gasteiger partial charge in [0.15, 0.2) is 5.58 Å². The Kier molecular flexibility index (Phi) is 5.10. The van der Waals surface area contributed by atoms with Gasteiger partial charge >= 0.3 is 5.76 Å². The van der Waals surface area contributed by atoms with E-state index in [1.807, 2.05) is 0 Å². The van der Waals surface area contributed by atoms with E-state index in [1.54, 1.807) is 12.1 Å². The summed E-state index contributed by atoms with van der Waals surface area (Å²) in [5, 5.41) is 3.02. The predicted molar refractivity (Wildman–Crippen MR) is 92.4 cm³/mol.